The highest BCUT2D eigenvalue weighted by Crippen LogP contribution is 2.41. The van der Waals surface area contributed by atoms with Gasteiger partial charge in [-0.05, 0) is 48.2 Å². The van der Waals surface area contributed by atoms with E-state index in [1.807, 2.05) is 65.2 Å². The monoisotopic (exact) mass is 480 g/mol. The van der Waals surface area contributed by atoms with Crippen LogP contribution in [0.25, 0.3) is 28.1 Å². The summed E-state index contributed by atoms with van der Waals surface area (Å²) in [6.45, 7) is 1.62. The Bertz CT molecular complexity index is 1570. The number of fused-ring (bicyclic) bond motifs is 2. The van der Waals surface area contributed by atoms with E-state index < -0.39 is 5.78 Å². The number of hydrogen-bond acceptors (Lipinski definition) is 5. The fourth-order valence-electron chi connectivity index (χ4n) is 5.14. The molecule has 1 fully saturated rings. The van der Waals surface area contributed by atoms with Gasteiger partial charge < -0.3 is 24.4 Å². The number of amides is 1. The number of aromatic nitrogens is 1. The Kier molecular flexibility index (Phi) is 5.07. The number of phenolic OH excluding ortho intramolecular Hbond substituents is 2. The van der Waals surface area contributed by atoms with E-state index in [1.165, 1.54) is 6.07 Å². The smallest absolute Gasteiger partial charge is 0.253 e. The molecule has 0 aliphatic carbocycles. The van der Waals surface area contributed by atoms with Crippen LogP contribution in [0.15, 0.2) is 66.6 Å². The molecule has 2 aliphatic rings. The van der Waals surface area contributed by atoms with Crippen LogP contribution in [-0.4, -0.2) is 44.5 Å². The lowest BCUT2D eigenvalue weighted by Gasteiger charge is -2.15. The number of Topliss-reactive ketones (excluding diaryl/α,β-unsaturated/α-hetero) is 1. The van der Waals surface area contributed by atoms with Gasteiger partial charge in [0.15, 0.2) is 5.76 Å². The quantitative estimate of drug-likeness (QED) is 0.398. The van der Waals surface area contributed by atoms with Crippen molar-refractivity contribution < 1.29 is 24.5 Å². The minimum absolute atomic E-state index is 0.0396. The first-order chi connectivity index (χ1) is 17.4. The zero-order valence-corrected chi connectivity index (χ0v) is 19.7. The lowest BCUT2D eigenvalue weighted by atomic mass is 9.97. The maximum absolute atomic E-state index is 13.0. The summed E-state index contributed by atoms with van der Waals surface area (Å²) in [5.41, 5.74) is 4.38. The van der Waals surface area contributed by atoms with Crippen LogP contribution in [0, 0.1) is 0 Å². The van der Waals surface area contributed by atoms with E-state index in [1.54, 1.807) is 6.08 Å². The van der Waals surface area contributed by atoms with Crippen LogP contribution in [0.4, 0.5) is 0 Å². The largest absolute Gasteiger partial charge is 0.508 e. The third-order valence-electron chi connectivity index (χ3n) is 6.90. The number of allylic oxidation sites excluding steroid dienone is 1. The lowest BCUT2D eigenvalue weighted by Crippen LogP contribution is -2.27. The number of aryl methyl sites for hydroxylation is 1. The number of likely N-dealkylation sites (tertiary alicyclic amines) is 1. The molecule has 3 heterocycles. The lowest BCUT2D eigenvalue weighted by molar-refractivity contribution is 0.0792. The predicted molar refractivity (Wildman–Crippen MR) is 136 cm³/mol. The molecule has 2 N–H and O–H groups in total. The van der Waals surface area contributed by atoms with Gasteiger partial charge in [-0.1, -0.05) is 24.3 Å². The van der Waals surface area contributed by atoms with Gasteiger partial charge in [-0.15, -0.1) is 0 Å². The average molecular weight is 481 g/mol. The van der Waals surface area contributed by atoms with Crippen molar-refractivity contribution >= 4 is 28.7 Å². The van der Waals surface area contributed by atoms with Crippen LogP contribution in [0.3, 0.4) is 0 Å². The second-order valence-corrected chi connectivity index (χ2v) is 9.25. The van der Waals surface area contributed by atoms with Crippen LogP contribution in [0.5, 0.6) is 17.2 Å². The number of benzene rings is 3. The first kappa shape index (κ1) is 22.0. The molecule has 180 valence electrons. The molecule has 7 heteroatoms. The predicted octanol–water partition coefficient (Wildman–Crippen LogP) is 5.11. The van der Waals surface area contributed by atoms with Crippen molar-refractivity contribution in [2.75, 3.05) is 13.1 Å². The fraction of sp³-hybridized carbons (Fsp3) is 0.172. The molecule has 1 aromatic heterocycles. The maximum Gasteiger partial charge on any atom is 0.253 e. The Morgan fingerprint density at radius 3 is 2.53 bits per heavy atom. The molecule has 1 amide bonds. The molecule has 0 bridgehead atoms. The number of nitrogens with zero attached hydrogens (tertiary/aromatic N) is 2. The molecule has 2 aliphatic heterocycles. The molecule has 0 spiro atoms. The molecule has 36 heavy (non-hydrogen) atoms. The summed E-state index contributed by atoms with van der Waals surface area (Å²) in [5.74, 6) is -0.683. The van der Waals surface area contributed by atoms with E-state index in [-0.39, 0.29) is 34.5 Å². The molecule has 7 nitrogen and oxygen atoms in total. The van der Waals surface area contributed by atoms with E-state index in [0.717, 1.165) is 59.6 Å². The number of phenols is 2. The third-order valence-corrected chi connectivity index (χ3v) is 6.90. The van der Waals surface area contributed by atoms with E-state index in [9.17, 15) is 19.8 Å². The fourth-order valence-corrected chi connectivity index (χ4v) is 5.14. The number of aromatic hydroxyl groups is 2. The minimum atomic E-state index is -0.443. The van der Waals surface area contributed by atoms with E-state index in [4.69, 9.17) is 4.74 Å². The van der Waals surface area contributed by atoms with Crippen molar-refractivity contribution in [3.05, 3.63) is 83.2 Å². The summed E-state index contributed by atoms with van der Waals surface area (Å²) < 4.78 is 7.70. The molecule has 0 radical (unpaired) electrons. The summed E-state index contributed by atoms with van der Waals surface area (Å²) in [4.78, 5) is 27.6. The molecular weight excluding hydrogens is 456 g/mol. The summed E-state index contributed by atoms with van der Waals surface area (Å²) in [5, 5.41) is 20.8. The number of hydrogen-bond donors (Lipinski definition) is 2. The molecule has 3 aromatic carbocycles. The van der Waals surface area contributed by atoms with Gasteiger partial charge in [0.1, 0.15) is 22.8 Å². The number of rotatable bonds is 3. The van der Waals surface area contributed by atoms with Gasteiger partial charge >= 0.3 is 0 Å². The second kappa shape index (κ2) is 8.30. The zero-order chi connectivity index (χ0) is 25.0. The van der Waals surface area contributed by atoms with Crippen molar-refractivity contribution in [2.24, 2.45) is 7.05 Å². The highest BCUT2D eigenvalue weighted by Gasteiger charge is 2.31. The van der Waals surface area contributed by atoms with Crippen molar-refractivity contribution in [2.45, 2.75) is 12.8 Å². The highest BCUT2D eigenvalue weighted by molar-refractivity contribution is 6.17. The van der Waals surface area contributed by atoms with Crippen LogP contribution in [0.2, 0.25) is 0 Å². The first-order valence-electron chi connectivity index (χ1n) is 11.9. The Balaban J connectivity index is 1.41. The van der Waals surface area contributed by atoms with Gasteiger partial charge in [0.2, 0.25) is 5.78 Å². The Labute approximate surface area is 207 Å². The summed E-state index contributed by atoms with van der Waals surface area (Å²) in [6.07, 6.45) is 5.69. The second-order valence-electron chi connectivity index (χ2n) is 9.25. The van der Waals surface area contributed by atoms with Crippen molar-refractivity contribution in [3.8, 4) is 28.4 Å². The third kappa shape index (κ3) is 3.51. The zero-order valence-electron chi connectivity index (χ0n) is 19.7. The molecule has 0 atom stereocenters. The topological polar surface area (TPSA) is 92.0 Å². The molecular formula is C29H24N2O5. The van der Waals surface area contributed by atoms with Crippen molar-refractivity contribution in [3.63, 3.8) is 0 Å². The molecule has 0 unspecified atom stereocenters. The number of carbonyl (C=O) groups excluding carboxylic acids is 2. The number of ether oxygens (including phenoxy) is 1. The van der Waals surface area contributed by atoms with Gasteiger partial charge in [-0.25, -0.2) is 0 Å². The number of carbonyl (C=O) groups is 2. The molecule has 1 saturated heterocycles. The molecule has 6 rings (SSSR count). The summed E-state index contributed by atoms with van der Waals surface area (Å²) in [7, 11) is 1.93. The molecule has 4 aromatic rings. The summed E-state index contributed by atoms with van der Waals surface area (Å²) >= 11 is 0. The van der Waals surface area contributed by atoms with Gasteiger partial charge in [0.05, 0.1) is 0 Å². The van der Waals surface area contributed by atoms with Gasteiger partial charge in [0.25, 0.3) is 5.91 Å². The minimum Gasteiger partial charge on any atom is -0.508 e. The Morgan fingerprint density at radius 2 is 1.78 bits per heavy atom. The maximum atomic E-state index is 13.0. The standard InChI is InChI=1S/C29H24N2O5/c1-30-16-19(13-25-28(34)27-23(33)14-20(32)15-24(27)36-25)26-21(5-4-6-22(26)30)17-7-9-18(10-8-17)29(35)31-11-2-3-12-31/h4-10,13-16,32-33H,2-3,11-12H2,1H3. The number of ketones is 1. The van der Waals surface area contributed by atoms with Gasteiger partial charge in [0, 0.05) is 60.5 Å². The van der Waals surface area contributed by atoms with Gasteiger partial charge in [-0.3, -0.25) is 9.59 Å². The normalized spacial score (nSPS) is 16.1. The van der Waals surface area contributed by atoms with Crippen LogP contribution < -0.4 is 4.74 Å². The van der Waals surface area contributed by atoms with Crippen LogP contribution in [-0.2, 0) is 7.05 Å². The van der Waals surface area contributed by atoms with E-state index in [2.05, 4.69) is 0 Å². The average Bonchev–Trinajstić information content (AvgIpc) is 3.58. The van der Waals surface area contributed by atoms with Gasteiger partial charge in [-0.2, -0.15) is 0 Å². The SMILES string of the molecule is Cn1cc(C=C2Oc3cc(O)cc(O)c3C2=O)c2c(-c3ccc(C(=O)N4CCCC4)cc3)cccc21. The van der Waals surface area contributed by atoms with E-state index in [0.29, 0.717) is 5.56 Å². The summed E-state index contributed by atoms with van der Waals surface area (Å²) in [6, 6.07) is 16.1. The van der Waals surface area contributed by atoms with Crippen molar-refractivity contribution in [1.82, 2.24) is 9.47 Å². The van der Waals surface area contributed by atoms with Crippen LogP contribution >= 0.6 is 0 Å². The first-order valence-corrected chi connectivity index (χ1v) is 11.9. The van der Waals surface area contributed by atoms with Crippen LogP contribution in [0.1, 0.15) is 39.1 Å². The Hall–Kier alpha value is -4.52. The van der Waals surface area contributed by atoms with Crippen molar-refractivity contribution in [1.29, 1.82) is 0 Å². The molecule has 0 saturated carbocycles. The van der Waals surface area contributed by atoms with E-state index >= 15 is 0 Å². The highest BCUT2D eigenvalue weighted by atomic mass is 16.5. The Morgan fingerprint density at radius 1 is 1.03 bits per heavy atom.